The molecule has 0 N–H and O–H groups in total. The molecule has 0 aromatic heterocycles. The zero-order valence-electron chi connectivity index (χ0n) is 14.1. The van der Waals surface area contributed by atoms with Crippen molar-refractivity contribution in [3.05, 3.63) is 68.8 Å². The maximum Gasteiger partial charge on any atom is 0.338 e. The molecular formula is C18H17NO6. The van der Waals surface area contributed by atoms with Crippen LogP contribution in [0.15, 0.2) is 36.4 Å². The lowest BCUT2D eigenvalue weighted by Gasteiger charge is -2.11. The molecule has 0 aliphatic heterocycles. The molecule has 0 radical (unpaired) electrons. The van der Waals surface area contributed by atoms with Gasteiger partial charge in [0.1, 0.15) is 12.4 Å². The van der Waals surface area contributed by atoms with Gasteiger partial charge >= 0.3 is 5.97 Å². The first-order valence-corrected chi connectivity index (χ1v) is 7.44. The van der Waals surface area contributed by atoms with Crippen molar-refractivity contribution in [3.63, 3.8) is 0 Å². The van der Waals surface area contributed by atoms with E-state index in [0.29, 0.717) is 16.9 Å². The van der Waals surface area contributed by atoms with Gasteiger partial charge in [-0.15, -0.1) is 0 Å². The van der Waals surface area contributed by atoms with Gasteiger partial charge in [0.25, 0.3) is 5.69 Å². The fraction of sp³-hybridized carbons (Fsp3) is 0.222. The third-order valence-corrected chi connectivity index (χ3v) is 3.77. The van der Waals surface area contributed by atoms with Crippen LogP contribution in [0.1, 0.15) is 38.8 Å². The van der Waals surface area contributed by atoms with E-state index in [-0.39, 0.29) is 29.2 Å². The van der Waals surface area contributed by atoms with Crippen LogP contribution in [-0.2, 0) is 11.3 Å². The lowest BCUT2D eigenvalue weighted by atomic mass is 10.1. The Morgan fingerprint density at radius 3 is 2.52 bits per heavy atom. The smallest absolute Gasteiger partial charge is 0.338 e. The molecule has 0 saturated heterocycles. The quantitative estimate of drug-likeness (QED) is 0.345. The number of nitro benzene ring substituents is 1. The fourth-order valence-corrected chi connectivity index (χ4v) is 2.37. The summed E-state index contributed by atoms with van der Waals surface area (Å²) in [6.45, 7) is 2.81. The molecule has 0 bridgehead atoms. The SMILES string of the molecule is COc1ccc(C(C)=O)cc1COC(=O)c1cccc([N+](=O)[O-])c1C. The Morgan fingerprint density at radius 2 is 1.92 bits per heavy atom. The summed E-state index contributed by atoms with van der Waals surface area (Å²) >= 11 is 0. The molecule has 2 rings (SSSR count). The van der Waals surface area contributed by atoms with Crippen LogP contribution in [0.25, 0.3) is 0 Å². The monoisotopic (exact) mass is 343 g/mol. The van der Waals surface area contributed by atoms with Crippen LogP contribution in [0.2, 0.25) is 0 Å². The second-order valence-corrected chi connectivity index (χ2v) is 5.37. The second-order valence-electron chi connectivity index (χ2n) is 5.37. The van der Waals surface area contributed by atoms with Crippen molar-refractivity contribution in [2.45, 2.75) is 20.5 Å². The zero-order chi connectivity index (χ0) is 18.6. The summed E-state index contributed by atoms with van der Waals surface area (Å²) in [6, 6.07) is 9.06. The van der Waals surface area contributed by atoms with E-state index in [1.807, 2.05) is 0 Å². The van der Waals surface area contributed by atoms with Gasteiger partial charge in [-0.25, -0.2) is 4.79 Å². The molecule has 0 atom stereocenters. The normalized spacial score (nSPS) is 10.2. The highest BCUT2D eigenvalue weighted by Gasteiger charge is 2.19. The number of esters is 1. The van der Waals surface area contributed by atoms with Crippen molar-refractivity contribution in [3.8, 4) is 5.75 Å². The number of ketones is 1. The number of ether oxygens (including phenoxy) is 2. The first-order valence-electron chi connectivity index (χ1n) is 7.44. The van der Waals surface area contributed by atoms with E-state index >= 15 is 0 Å². The molecule has 0 unspecified atom stereocenters. The van der Waals surface area contributed by atoms with Crippen LogP contribution >= 0.6 is 0 Å². The molecular weight excluding hydrogens is 326 g/mol. The van der Waals surface area contributed by atoms with Crippen LogP contribution in [0.3, 0.4) is 0 Å². The van der Waals surface area contributed by atoms with Gasteiger partial charge in [0.15, 0.2) is 5.78 Å². The van der Waals surface area contributed by atoms with Crippen molar-refractivity contribution < 1.29 is 24.0 Å². The van der Waals surface area contributed by atoms with Crippen LogP contribution in [0.4, 0.5) is 5.69 Å². The highest BCUT2D eigenvalue weighted by atomic mass is 16.6. The van der Waals surface area contributed by atoms with Gasteiger partial charge < -0.3 is 9.47 Å². The summed E-state index contributed by atoms with van der Waals surface area (Å²) in [6.07, 6.45) is 0. The van der Waals surface area contributed by atoms with E-state index in [1.54, 1.807) is 18.2 Å². The van der Waals surface area contributed by atoms with Crippen molar-refractivity contribution in [1.82, 2.24) is 0 Å². The number of benzene rings is 2. The molecule has 2 aromatic carbocycles. The van der Waals surface area contributed by atoms with E-state index in [2.05, 4.69) is 0 Å². The Bertz CT molecular complexity index is 843. The van der Waals surface area contributed by atoms with E-state index in [0.717, 1.165) is 0 Å². The lowest BCUT2D eigenvalue weighted by Crippen LogP contribution is -2.09. The number of nitrogens with zero attached hydrogens (tertiary/aromatic N) is 1. The van der Waals surface area contributed by atoms with Gasteiger partial charge in [0.05, 0.1) is 17.6 Å². The van der Waals surface area contributed by atoms with Crippen LogP contribution in [0.5, 0.6) is 5.75 Å². The average molecular weight is 343 g/mol. The Kier molecular flexibility index (Phi) is 5.49. The minimum absolute atomic E-state index is 0.120. The lowest BCUT2D eigenvalue weighted by molar-refractivity contribution is -0.385. The molecule has 7 heteroatoms. The zero-order valence-corrected chi connectivity index (χ0v) is 14.1. The Morgan fingerprint density at radius 1 is 1.20 bits per heavy atom. The maximum atomic E-state index is 12.3. The van der Waals surface area contributed by atoms with Crippen LogP contribution in [0, 0.1) is 17.0 Å². The number of methoxy groups -OCH3 is 1. The molecule has 2 aromatic rings. The number of hydrogen-bond acceptors (Lipinski definition) is 6. The topological polar surface area (TPSA) is 95.7 Å². The minimum atomic E-state index is -0.684. The van der Waals surface area contributed by atoms with E-state index < -0.39 is 10.9 Å². The van der Waals surface area contributed by atoms with Gasteiger partial charge in [-0.1, -0.05) is 6.07 Å². The minimum Gasteiger partial charge on any atom is -0.496 e. The molecule has 0 saturated carbocycles. The average Bonchev–Trinajstić information content (AvgIpc) is 2.59. The van der Waals surface area contributed by atoms with Crippen LogP contribution < -0.4 is 4.74 Å². The third kappa shape index (κ3) is 4.00. The molecule has 25 heavy (non-hydrogen) atoms. The standard InChI is InChI=1S/C18H17NO6/c1-11-15(5-4-6-16(11)19(22)23)18(21)25-10-14-9-13(12(2)20)7-8-17(14)24-3/h4-9H,10H2,1-3H3. The molecule has 0 spiro atoms. The fourth-order valence-electron chi connectivity index (χ4n) is 2.37. The molecule has 130 valence electrons. The predicted octanol–water partition coefficient (Wildman–Crippen LogP) is 3.47. The van der Waals surface area contributed by atoms with Gasteiger partial charge in [-0.05, 0) is 38.1 Å². The summed E-state index contributed by atoms with van der Waals surface area (Å²) in [5.41, 5.74) is 1.22. The molecule has 0 fully saturated rings. The van der Waals surface area contributed by atoms with E-state index in [9.17, 15) is 19.7 Å². The Hall–Kier alpha value is -3.22. The van der Waals surface area contributed by atoms with E-state index in [4.69, 9.17) is 9.47 Å². The highest BCUT2D eigenvalue weighted by molar-refractivity contribution is 5.94. The highest BCUT2D eigenvalue weighted by Crippen LogP contribution is 2.24. The van der Waals surface area contributed by atoms with E-state index in [1.165, 1.54) is 39.2 Å². The van der Waals surface area contributed by atoms with Crippen molar-refractivity contribution >= 4 is 17.4 Å². The predicted molar refractivity (Wildman–Crippen MR) is 90.0 cm³/mol. The molecule has 0 aliphatic rings. The Labute approximate surface area is 144 Å². The van der Waals surface area contributed by atoms with Crippen LogP contribution in [-0.4, -0.2) is 23.8 Å². The first-order chi connectivity index (χ1) is 11.8. The number of Topliss-reactive ketones (excluding diaryl/α,β-unsaturated/α-hetero) is 1. The summed E-state index contributed by atoms with van der Waals surface area (Å²) in [4.78, 5) is 34.2. The van der Waals surface area contributed by atoms with Crippen molar-refractivity contribution in [1.29, 1.82) is 0 Å². The maximum absolute atomic E-state index is 12.3. The largest absolute Gasteiger partial charge is 0.496 e. The number of carbonyl (C=O) groups is 2. The number of nitro groups is 1. The summed E-state index contributed by atoms with van der Waals surface area (Å²) in [5.74, 6) is -0.324. The molecule has 0 heterocycles. The Balaban J connectivity index is 2.23. The number of carbonyl (C=O) groups excluding carboxylic acids is 2. The second kappa shape index (κ2) is 7.57. The van der Waals surface area contributed by atoms with Gasteiger partial charge in [0, 0.05) is 22.8 Å². The van der Waals surface area contributed by atoms with Gasteiger partial charge in [-0.3, -0.25) is 14.9 Å². The molecule has 0 aliphatic carbocycles. The summed E-state index contributed by atoms with van der Waals surface area (Å²) in [5, 5.41) is 11.0. The van der Waals surface area contributed by atoms with Crippen molar-refractivity contribution in [2.75, 3.05) is 7.11 Å². The summed E-state index contributed by atoms with van der Waals surface area (Å²) < 4.78 is 10.5. The van der Waals surface area contributed by atoms with Gasteiger partial charge in [0.2, 0.25) is 0 Å². The molecule has 7 nitrogen and oxygen atoms in total. The summed E-state index contributed by atoms with van der Waals surface area (Å²) in [7, 11) is 1.47. The number of rotatable bonds is 6. The third-order valence-electron chi connectivity index (χ3n) is 3.77. The van der Waals surface area contributed by atoms with Crippen molar-refractivity contribution in [2.24, 2.45) is 0 Å². The first kappa shape index (κ1) is 18.1. The number of hydrogen-bond donors (Lipinski definition) is 0. The van der Waals surface area contributed by atoms with Gasteiger partial charge in [-0.2, -0.15) is 0 Å². The molecule has 0 amide bonds.